The first kappa shape index (κ1) is 11.0. The highest BCUT2D eigenvalue weighted by Crippen LogP contribution is 2.18. The standard InChI is InChI=1S/C11H24N2/c1-10(2)5-8-13-7-4-6-11(3,12)9-13/h10H,4-9,12H2,1-3H3. The second-order valence-corrected chi connectivity index (χ2v) is 5.22. The van der Waals surface area contributed by atoms with Crippen molar-refractivity contribution in [3.05, 3.63) is 0 Å². The number of likely N-dealkylation sites (tertiary alicyclic amines) is 1. The average molecular weight is 184 g/mol. The Morgan fingerprint density at radius 2 is 2.15 bits per heavy atom. The fourth-order valence-corrected chi connectivity index (χ4v) is 2.01. The second-order valence-electron chi connectivity index (χ2n) is 5.22. The molecule has 1 fully saturated rings. The summed E-state index contributed by atoms with van der Waals surface area (Å²) in [5.74, 6) is 0.811. The van der Waals surface area contributed by atoms with E-state index in [-0.39, 0.29) is 5.54 Å². The maximum absolute atomic E-state index is 6.13. The first-order valence-corrected chi connectivity index (χ1v) is 5.51. The summed E-state index contributed by atoms with van der Waals surface area (Å²) in [7, 11) is 0. The third-order valence-corrected chi connectivity index (χ3v) is 2.83. The first-order chi connectivity index (χ1) is 5.99. The van der Waals surface area contributed by atoms with E-state index in [9.17, 15) is 0 Å². The van der Waals surface area contributed by atoms with Gasteiger partial charge in [0.25, 0.3) is 0 Å². The summed E-state index contributed by atoms with van der Waals surface area (Å²) in [5, 5.41) is 0. The number of nitrogens with zero attached hydrogens (tertiary/aromatic N) is 1. The Morgan fingerprint density at radius 3 is 2.69 bits per heavy atom. The van der Waals surface area contributed by atoms with Gasteiger partial charge in [0.15, 0.2) is 0 Å². The van der Waals surface area contributed by atoms with Gasteiger partial charge < -0.3 is 10.6 Å². The van der Waals surface area contributed by atoms with Gasteiger partial charge in [0.2, 0.25) is 0 Å². The smallest absolute Gasteiger partial charge is 0.0255 e. The minimum absolute atomic E-state index is 0.0647. The van der Waals surface area contributed by atoms with Crippen LogP contribution in [0.15, 0.2) is 0 Å². The molecule has 2 nitrogen and oxygen atoms in total. The van der Waals surface area contributed by atoms with Crippen LogP contribution in [0.1, 0.15) is 40.0 Å². The van der Waals surface area contributed by atoms with Crippen molar-refractivity contribution in [3.8, 4) is 0 Å². The molecule has 0 amide bonds. The molecule has 0 radical (unpaired) electrons. The molecular weight excluding hydrogens is 160 g/mol. The van der Waals surface area contributed by atoms with E-state index in [0.29, 0.717) is 0 Å². The molecule has 1 unspecified atom stereocenters. The fraction of sp³-hybridized carbons (Fsp3) is 1.00. The molecular formula is C11H24N2. The van der Waals surface area contributed by atoms with Gasteiger partial charge in [-0.05, 0) is 45.2 Å². The molecule has 1 aliphatic rings. The summed E-state index contributed by atoms with van der Waals surface area (Å²) in [6.45, 7) is 10.3. The van der Waals surface area contributed by atoms with Crippen LogP contribution >= 0.6 is 0 Å². The van der Waals surface area contributed by atoms with E-state index in [1.807, 2.05) is 0 Å². The normalized spacial score (nSPS) is 31.2. The van der Waals surface area contributed by atoms with Gasteiger partial charge in [-0.3, -0.25) is 0 Å². The van der Waals surface area contributed by atoms with E-state index in [4.69, 9.17) is 5.73 Å². The maximum atomic E-state index is 6.13. The molecule has 0 aromatic heterocycles. The zero-order valence-corrected chi connectivity index (χ0v) is 9.34. The Bertz CT molecular complexity index is 152. The van der Waals surface area contributed by atoms with Gasteiger partial charge in [0, 0.05) is 12.1 Å². The molecule has 1 saturated heterocycles. The summed E-state index contributed by atoms with van der Waals surface area (Å²) >= 11 is 0. The van der Waals surface area contributed by atoms with E-state index in [0.717, 1.165) is 12.5 Å². The third-order valence-electron chi connectivity index (χ3n) is 2.83. The van der Waals surface area contributed by atoms with Gasteiger partial charge in [-0.25, -0.2) is 0 Å². The molecule has 2 heteroatoms. The Hall–Kier alpha value is -0.0800. The van der Waals surface area contributed by atoms with Crippen LogP contribution in [-0.2, 0) is 0 Å². The van der Waals surface area contributed by atoms with Crippen molar-refractivity contribution in [2.75, 3.05) is 19.6 Å². The van der Waals surface area contributed by atoms with Crippen LogP contribution in [0.2, 0.25) is 0 Å². The van der Waals surface area contributed by atoms with Crippen LogP contribution in [0.5, 0.6) is 0 Å². The Kier molecular flexibility index (Phi) is 3.74. The molecule has 0 spiro atoms. The molecule has 13 heavy (non-hydrogen) atoms. The van der Waals surface area contributed by atoms with Crippen molar-refractivity contribution in [2.45, 2.75) is 45.6 Å². The number of nitrogens with two attached hydrogens (primary N) is 1. The summed E-state index contributed by atoms with van der Waals surface area (Å²) in [5.41, 5.74) is 6.20. The van der Waals surface area contributed by atoms with Crippen molar-refractivity contribution < 1.29 is 0 Å². The lowest BCUT2D eigenvalue weighted by molar-refractivity contribution is 0.154. The summed E-state index contributed by atoms with van der Waals surface area (Å²) in [4.78, 5) is 2.52. The summed E-state index contributed by atoms with van der Waals surface area (Å²) < 4.78 is 0. The van der Waals surface area contributed by atoms with Crippen molar-refractivity contribution in [2.24, 2.45) is 11.7 Å². The lowest BCUT2D eigenvalue weighted by atomic mass is 9.92. The molecule has 0 aromatic carbocycles. The number of piperidine rings is 1. The molecule has 1 atom stereocenters. The van der Waals surface area contributed by atoms with Crippen molar-refractivity contribution >= 4 is 0 Å². The minimum atomic E-state index is 0.0647. The van der Waals surface area contributed by atoms with Gasteiger partial charge in [0.1, 0.15) is 0 Å². The van der Waals surface area contributed by atoms with Crippen LogP contribution in [0.25, 0.3) is 0 Å². The quantitative estimate of drug-likeness (QED) is 0.725. The number of hydrogen-bond donors (Lipinski definition) is 1. The van der Waals surface area contributed by atoms with E-state index in [1.54, 1.807) is 0 Å². The van der Waals surface area contributed by atoms with E-state index < -0.39 is 0 Å². The average Bonchev–Trinajstić information content (AvgIpc) is 1.99. The predicted molar refractivity (Wildman–Crippen MR) is 57.7 cm³/mol. The topological polar surface area (TPSA) is 29.3 Å². The van der Waals surface area contributed by atoms with Crippen molar-refractivity contribution in [1.82, 2.24) is 4.90 Å². The Balaban J connectivity index is 2.26. The van der Waals surface area contributed by atoms with Gasteiger partial charge in [-0.2, -0.15) is 0 Å². The highest BCUT2D eigenvalue weighted by molar-refractivity contribution is 4.87. The van der Waals surface area contributed by atoms with Crippen LogP contribution in [-0.4, -0.2) is 30.1 Å². The second kappa shape index (κ2) is 4.43. The molecule has 1 aliphatic heterocycles. The number of rotatable bonds is 3. The van der Waals surface area contributed by atoms with E-state index in [1.165, 1.54) is 32.4 Å². The van der Waals surface area contributed by atoms with Gasteiger partial charge >= 0.3 is 0 Å². The van der Waals surface area contributed by atoms with Crippen molar-refractivity contribution in [3.63, 3.8) is 0 Å². The Labute approximate surface area is 82.5 Å². The van der Waals surface area contributed by atoms with Gasteiger partial charge in [-0.1, -0.05) is 13.8 Å². The molecule has 78 valence electrons. The molecule has 0 aliphatic carbocycles. The molecule has 0 bridgehead atoms. The van der Waals surface area contributed by atoms with E-state index >= 15 is 0 Å². The SMILES string of the molecule is CC(C)CCN1CCCC(C)(N)C1. The van der Waals surface area contributed by atoms with E-state index in [2.05, 4.69) is 25.7 Å². The van der Waals surface area contributed by atoms with Crippen LogP contribution < -0.4 is 5.73 Å². The third kappa shape index (κ3) is 4.10. The molecule has 0 aromatic rings. The van der Waals surface area contributed by atoms with Gasteiger partial charge in [-0.15, -0.1) is 0 Å². The molecule has 2 N–H and O–H groups in total. The summed E-state index contributed by atoms with van der Waals surface area (Å²) in [6, 6.07) is 0. The highest BCUT2D eigenvalue weighted by atomic mass is 15.2. The zero-order chi connectivity index (χ0) is 9.90. The highest BCUT2D eigenvalue weighted by Gasteiger charge is 2.26. The number of hydrogen-bond acceptors (Lipinski definition) is 2. The largest absolute Gasteiger partial charge is 0.324 e. The van der Waals surface area contributed by atoms with Crippen molar-refractivity contribution in [1.29, 1.82) is 0 Å². The predicted octanol–water partition coefficient (Wildman–Crippen LogP) is 1.85. The maximum Gasteiger partial charge on any atom is 0.0255 e. The summed E-state index contributed by atoms with van der Waals surface area (Å²) in [6.07, 6.45) is 3.76. The minimum Gasteiger partial charge on any atom is -0.324 e. The first-order valence-electron chi connectivity index (χ1n) is 5.51. The molecule has 1 heterocycles. The monoisotopic (exact) mass is 184 g/mol. The van der Waals surface area contributed by atoms with Crippen LogP contribution in [0.3, 0.4) is 0 Å². The fourth-order valence-electron chi connectivity index (χ4n) is 2.01. The Morgan fingerprint density at radius 1 is 1.46 bits per heavy atom. The molecule has 0 saturated carbocycles. The lowest BCUT2D eigenvalue weighted by Crippen LogP contribution is -2.52. The lowest BCUT2D eigenvalue weighted by Gasteiger charge is -2.38. The zero-order valence-electron chi connectivity index (χ0n) is 9.34. The van der Waals surface area contributed by atoms with Crippen LogP contribution in [0, 0.1) is 5.92 Å². The molecule has 1 rings (SSSR count). The van der Waals surface area contributed by atoms with Crippen LogP contribution in [0.4, 0.5) is 0 Å². The van der Waals surface area contributed by atoms with Gasteiger partial charge in [0.05, 0.1) is 0 Å².